The number of benzene rings is 1. The van der Waals surface area contributed by atoms with Crippen molar-refractivity contribution in [3.05, 3.63) is 53.3 Å². The van der Waals surface area contributed by atoms with Crippen LogP contribution in [0.5, 0.6) is 0 Å². The van der Waals surface area contributed by atoms with Crippen LogP contribution in [-0.2, 0) is 12.7 Å². The highest BCUT2D eigenvalue weighted by Gasteiger charge is 2.42. The molecule has 4 rings (SSSR count). The molecular formula is C19H20F3N5O2. The van der Waals surface area contributed by atoms with Gasteiger partial charge >= 0.3 is 12.2 Å². The molecule has 0 saturated carbocycles. The van der Waals surface area contributed by atoms with Crippen molar-refractivity contribution < 1.29 is 22.8 Å². The molecule has 0 bridgehead atoms. The van der Waals surface area contributed by atoms with Gasteiger partial charge in [-0.25, -0.2) is 4.79 Å². The normalized spacial score (nSPS) is 22.1. The Hall–Kier alpha value is -2.88. The third-order valence-electron chi connectivity index (χ3n) is 5.58. The van der Waals surface area contributed by atoms with E-state index >= 15 is 0 Å². The number of aromatic nitrogens is 2. The Balaban J connectivity index is 1.32. The summed E-state index contributed by atoms with van der Waals surface area (Å²) < 4.78 is 39.1. The fourth-order valence-corrected chi connectivity index (χ4v) is 4.13. The highest BCUT2D eigenvalue weighted by Crippen LogP contribution is 2.33. The number of amides is 2. The lowest BCUT2D eigenvalue weighted by Crippen LogP contribution is -2.36. The van der Waals surface area contributed by atoms with Gasteiger partial charge in [0.2, 0.25) is 0 Å². The van der Waals surface area contributed by atoms with E-state index in [0.29, 0.717) is 31.5 Å². The monoisotopic (exact) mass is 407 g/mol. The number of halogens is 3. The van der Waals surface area contributed by atoms with Crippen molar-refractivity contribution in [2.75, 3.05) is 26.2 Å². The summed E-state index contributed by atoms with van der Waals surface area (Å²) >= 11 is 0. The lowest BCUT2D eigenvalue weighted by Gasteiger charge is -2.21. The van der Waals surface area contributed by atoms with Crippen LogP contribution in [0.2, 0.25) is 0 Å². The topological polar surface area (TPSA) is 84.5 Å². The number of nitrogens with two attached hydrogens (primary N) is 1. The maximum Gasteiger partial charge on any atom is 0.416 e. The molecule has 10 heteroatoms. The van der Waals surface area contributed by atoms with E-state index < -0.39 is 17.6 Å². The van der Waals surface area contributed by atoms with Crippen molar-refractivity contribution in [1.29, 1.82) is 0 Å². The number of fused-ring (bicyclic) bond motifs is 1. The van der Waals surface area contributed by atoms with Gasteiger partial charge in [-0.2, -0.15) is 23.0 Å². The Labute approximate surface area is 164 Å². The molecule has 2 fully saturated rings. The SMILES string of the molecule is NC(=O)c1cnn(C(=O)N2CC3CN(Cc4ccc(C(F)(F)F)cc4)CC3C2)c1. The molecule has 3 heterocycles. The van der Waals surface area contributed by atoms with Gasteiger partial charge in [0.1, 0.15) is 0 Å². The third kappa shape index (κ3) is 3.98. The number of nitrogens with zero attached hydrogens (tertiary/aromatic N) is 4. The van der Waals surface area contributed by atoms with Crippen LogP contribution in [0.1, 0.15) is 21.5 Å². The largest absolute Gasteiger partial charge is 0.416 e. The molecule has 1 aromatic carbocycles. The van der Waals surface area contributed by atoms with Gasteiger partial charge in [-0.3, -0.25) is 9.69 Å². The number of hydrogen-bond acceptors (Lipinski definition) is 4. The fraction of sp³-hybridized carbons (Fsp3) is 0.421. The number of alkyl halides is 3. The number of primary amides is 1. The summed E-state index contributed by atoms with van der Waals surface area (Å²) in [6, 6.07) is 4.96. The second-order valence-corrected chi connectivity index (χ2v) is 7.63. The summed E-state index contributed by atoms with van der Waals surface area (Å²) in [5, 5.41) is 3.91. The first kappa shape index (κ1) is 19.4. The van der Waals surface area contributed by atoms with Crippen molar-refractivity contribution in [2.24, 2.45) is 17.6 Å². The molecule has 154 valence electrons. The summed E-state index contributed by atoms with van der Waals surface area (Å²) in [4.78, 5) is 27.6. The van der Waals surface area contributed by atoms with Crippen LogP contribution in [0.4, 0.5) is 18.0 Å². The molecule has 0 spiro atoms. The van der Waals surface area contributed by atoms with Crippen molar-refractivity contribution in [1.82, 2.24) is 19.6 Å². The van der Waals surface area contributed by atoms with E-state index in [1.54, 1.807) is 4.90 Å². The maximum absolute atomic E-state index is 12.7. The van der Waals surface area contributed by atoms with Gasteiger partial charge in [0, 0.05) is 38.9 Å². The second-order valence-electron chi connectivity index (χ2n) is 7.63. The molecule has 1 aromatic heterocycles. The smallest absolute Gasteiger partial charge is 0.366 e. The predicted octanol–water partition coefficient (Wildman–Crippen LogP) is 2.03. The van der Waals surface area contributed by atoms with Crippen LogP contribution < -0.4 is 5.73 Å². The Morgan fingerprint density at radius 2 is 1.69 bits per heavy atom. The van der Waals surface area contributed by atoms with Crippen molar-refractivity contribution in [3.8, 4) is 0 Å². The first-order valence-corrected chi connectivity index (χ1v) is 9.23. The van der Waals surface area contributed by atoms with Gasteiger partial charge in [-0.1, -0.05) is 12.1 Å². The van der Waals surface area contributed by atoms with E-state index in [1.165, 1.54) is 24.5 Å². The average Bonchev–Trinajstić information content (AvgIpc) is 3.35. The minimum Gasteiger partial charge on any atom is -0.366 e. The van der Waals surface area contributed by atoms with Gasteiger partial charge in [0.05, 0.1) is 17.3 Å². The molecule has 2 atom stereocenters. The summed E-state index contributed by atoms with van der Waals surface area (Å²) in [6.45, 7) is 3.31. The van der Waals surface area contributed by atoms with Crippen molar-refractivity contribution in [3.63, 3.8) is 0 Å². The molecule has 0 radical (unpaired) electrons. The number of carbonyl (C=O) groups is 2. The maximum atomic E-state index is 12.7. The van der Waals surface area contributed by atoms with Crippen LogP contribution in [0.25, 0.3) is 0 Å². The van der Waals surface area contributed by atoms with Crippen LogP contribution in [0.3, 0.4) is 0 Å². The molecule has 7 nitrogen and oxygen atoms in total. The molecule has 2 amide bonds. The summed E-state index contributed by atoms with van der Waals surface area (Å²) in [5.74, 6) is -0.0274. The highest BCUT2D eigenvalue weighted by atomic mass is 19.4. The quantitative estimate of drug-likeness (QED) is 0.844. The molecule has 2 N–H and O–H groups in total. The molecule has 2 aliphatic heterocycles. The van der Waals surface area contributed by atoms with Crippen LogP contribution in [0, 0.1) is 11.8 Å². The van der Waals surface area contributed by atoms with Crippen LogP contribution in [-0.4, -0.2) is 57.7 Å². The number of rotatable bonds is 3. The third-order valence-corrected chi connectivity index (χ3v) is 5.58. The van der Waals surface area contributed by atoms with Crippen molar-refractivity contribution in [2.45, 2.75) is 12.7 Å². The molecule has 2 unspecified atom stereocenters. The Morgan fingerprint density at radius 1 is 1.07 bits per heavy atom. The molecule has 2 saturated heterocycles. The van der Waals surface area contributed by atoms with E-state index in [-0.39, 0.29) is 11.6 Å². The van der Waals surface area contributed by atoms with E-state index in [9.17, 15) is 22.8 Å². The van der Waals surface area contributed by atoms with Gasteiger partial charge in [-0.05, 0) is 29.5 Å². The summed E-state index contributed by atoms with van der Waals surface area (Å²) in [5.41, 5.74) is 5.55. The molecule has 29 heavy (non-hydrogen) atoms. The minimum absolute atomic E-state index is 0.181. The first-order valence-electron chi connectivity index (χ1n) is 9.23. The minimum atomic E-state index is -4.33. The molecule has 2 aliphatic rings. The predicted molar refractivity (Wildman–Crippen MR) is 96.8 cm³/mol. The molecule has 0 aliphatic carbocycles. The van der Waals surface area contributed by atoms with Gasteiger partial charge in [0.15, 0.2) is 0 Å². The Bertz CT molecular complexity index is 911. The van der Waals surface area contributed by atoms with Gasteiger partial charge in [0.25, 0.3) is 5.91 Å². The highest BCUT2D eigenvalue weighted by molar-refractivity contribution is 5.93. The zero-order valence-electron chi connectivity index (χ0n) is 15.5. The number of hydrogen-bond donors (Lipinski definition) is 1. The standard InChI is InChI=1S/C19H20F3N5O2/c20-19(21,22)16-3-1-12(2-4-16)6-25-7-14-9-26(10-15(14)8-25)18(29)27-11-13(5-24-27)17(23)28/h1-5,11,14-15H,6-10H2,(H2,23,28). The van der Waals surface area contributed by atoms with Crippen LogP contribution in [0.15, 0.2) is 36.7 Å². The zero-order chi connectivity index (χ0) is 20.8. The average molecular weight is 407 g/mol. The number of likely N-dealkylation sites (tertiary alicyclic amines) is 2. The second kappa shape index (κ2) is 7.18. The van der Waals surface area contributed by atoms with E-state index in [0.717, 1.165) is 35.5 Å². The lowest BCUT2D eigenvalue weighted by atomic mass is 10.0. The van der Waals surface area contributed by atoms with Gasteiger partial charge in [-0.15, -0.1) is 0 Å². The Morgan fingerprint density at radius 3 is 2.21 bits per heavy atom. The van der Waals surface area contributed by atoms with E-state index in [2.05, 4.69) is 10.00 Å². The zero-order valence-corrected chi connectivity index (χ0v) is 15.5. The molecular weight excluding hydrogens is 387 g/mol. The Kier molecular flexibility index (Phi) is 4.81. The first-order chi connectivity index (χ1) is 13.7. The summed E-state index contributed by atoms with van der Waals surface area (Å²) in [7, 11) is 0. The number of carbonyl (C=O) groups excluding carboxylic acids is 2. The van der Waals surface area contributed by atoms with E-state index in [1.807, 2.05) is 0 Å². The van der Waals surface area contributed by atoms with Crippen molar-refractivity contribution >= 4 is 11.9 Å². The fourth-order valence-electron chi connectivity index (χ4n) is 4.13. The lowest BCUT2D eigenvalue weighted by molar-refractivity contribution is -0.137. The van der Waals surface area contributed by atoms with E-state index in [4.69, 9.17) is 5.73 Å². The summed E-state index contributed by atoms with van der Waals surface area (Å²) in [6.07, 6.45) is -1.73. The van der Waals surface area contributed by atoms with Gasteiger partial charge < -0.3 is 10.6 Å². The molecule has 2 aromatic rings. The van der Waals surface area contributed by atoms with Crippen LogP contribution >= 0.6 is 0 Å².